The predicted molar refractivity (Wildman–Crippen MR) is 68.9 cm³/mol. The Labute approximate surface area is 109 Å². The van der Waals surface area contributed by atoms with Gasteiger partial charge in [-0.2, -0.15) is 0 Å². The van der Waals surface area contributed by atoms with Gasteiger partial charge in [0.1, 0.15) is 11.1 Å². The molecule has 0 aliphatic carbocycles. The Morgan fingerprint density at radius 3 is 2.12 bits per heavy atom. The van der Waals surface area contributed by atoms with Gasteiger partial charge in [0, 0.05) is 4.43 Å². The molecule has 0 bridgehead atoms. The first-order chi connectivity index (χ1) is 7.17. The molecule has 5 nitrogen and oxygen atoms in total. The van der Waals surface area contributed by atoms with Crippen molar-refractivity contribution in [2.45, 2.75) is 45.3 Å². The fourth-order valence-electron chi connectivity index (χ4n) is 0.977. The molecule has 0 aromatic carbocycles. The number of carbonyl (C=O) groups excluding carboxylic acids is 1. The van der Waals surface area contributed by atoms with Crippen LogP contribution in [0.25, 0.3) is 0 Å². The largest absolute Gasteiger partial charge is 0.479 e. The lowest BCUT2D eigenvalue weighted by Gasteiger charge is -2.29. The van der Waals surface area contributed by atoms with Gasteiger partial charge in [0.05, 0.1) is 0 Å². The van der Waals surface area contributed by atoms with Gasteiger partial charge in [-0.05, 0) is 27.2 Å². The van der Waals surface area contributed by atoms with Crippen LogP contribution < -0.4 is 5.32 Å². The van der Waals surface area contributed by atoms with Crippen molar-refractivity contribution in [1.29, 1.82) is 0 Å². The van der Waals surface area contributed by atoms with Crippen molar-refractivity contribution in [2.24, 2.45) is 0 Å². The smallest absolute Gasteiger partial charge is 0.408 e. The van der Waals surface area contributed by atoms with E-state index < -0.39 is 23.2 Å². The molecule has 0 heterocycles. The van der Waals surface area contributed by atoms with Crippen molar-refractivity contribution in [3.8, 4) is 0 Å². The molecular weight excluding hydrogens is 325 g/mol. The van der Waals surface area contributed by atoms with Gasteiger partial charge in [0.2, 0.25) is 0 Å². The van der Waals surface area contributed by atoms with E-state index in [1.54, 1.807) is 27.7 Å². The molecule has 1 amide bonds. The molecule has 0 saturated carbocycles. The summed E-state index contributed by atoms with van der Waals surface area (Å²) < 4.78 is 5.32. The van der Waals surface area contributed by atoms with Crippen LogP contribution in [0.5, 0.6) is 0 Å². The summed E-state index contributed by atoms with van der Waals surface area (Å²) in [6, 6.07) is 0. The maximum Gasteiger partial charge on any atom is 0.408 e. The summed E-state index contributed by atoms with van der Waals surface area (Å²) in [4.78, 5) is 22.6. The van der Waals surface area contributed by atoms with Gasteiger partial charge in [-0.1, -0.05) is 29.5 Å². The van der Waals surface area contributed by atoms with Crippen LogP contribution in [-0.4, -0.2) is 32.7 Å². The Kier molecular flexibility index (Phi) is 5.51. The first-order valence-corrected chi connectivity index (χ1v) is 6.50. The van der Waals surface area contributed by atoms with Crippen molar-refractivity contribution < 1.29 is 19.4 Å². The van der Waals surface area contributed by atoms with Crippen LogP contribution in [0.4, 0.5) is 4.79 Å². The molecule has 0 fully saturated rings. The molecule has 0 aromatic heterocycles. The lowest BCUT2D eigenvalue weighted by Crippen LogP contribution is -2.56. The molecular formula is C10H18INO4. The summed E-state index contributed by atoms with van der Waals surface area (Å²) in [6.45, 7) is 6.89. The summed E-state index contributed by atoms with van der Waals surface area (Å²) in [7, 11) is 0. The average Bonchev–Trinajstić information content (AvgIpc) is 2.10. The van der Waals surface area contributed by atoms with Crippen molar-refractivity contribution >= 4 is 34.7 Å². The molecule has 0 radical (unpaired) electrons. The molecule has 0 aliphatic heterocycles. The van der Waals surface area contributed by atoms with E-state index in [-0.39, 0.29) is 4.43 Å². The van der Waals surface area contributed by atoms with Gasteiger partial charge < -0.3 is 15.2 Å². The average molecular weight is 343 g/mol. The van der Waals surface area contributed by atoms with Gasteiger partial charge in [-0.25, -0.2) is 9.59 Å². The minimum atomic E-state index is -1.25. The molecule has 0 aliphatic rings. The Morgan fingerprint density at radius 2 is 1.88 bits per heavy atom. The zero-order valence-corrected chi connectivity index (χ0v) is 12.1. The highest BCUT2D eigenvalue weighted by molar-refractivity contribution is 14.1. The summed E-state index contributed by atoms with van der Waals surface area (Å²) in [6.07, 6.45) is -0.391. The highest BCUT2D eigenvalue weighted by Gasteiger charge is 2.38. The number of carbonyl (C=O) groups is 2. The van der Waals surface area contributed by atoms with Crippen molar-refractivity contribution in [3.05, 3.63) is 0 Å². The number of aliphatic carboxylic acids is 1. The number of hydrogen-bond acceptors (Lipinski definition) is 3. The molecule has 94 valence electrons. The number of carboxylic acid groups (broad SMARTS) is 1. The zero-order valence-electron chi connectivity index (χ0n) is 9.96. The van der Waals surface area contributed by atoms with Crippen LogP contribution >= 0.6 is 22.6 Å². The SMILES string of the molecule is CC[C@@](CI)(NC(=O)OC(C)(C)C)C(=O)O. The zero-order chi connectivity index (χ0) is 13.0. The van der Waals surface area contributed by atoms with Crippen LogP contribution in [0, 0.1) is 0 Å². The van der Waals surface area contributed by atoms with Crippen molar-refractivity contribution in [2.75, 3.05) is 4.43 Å². The van der Waals surface area contributed by atoms with Gasteiger partial charge in [0.15, 0.2) is 0 Å². The quantitative estimate of drug-likeness (QED) is 0.606. The van der Waals surface area contributed by atoms with Crippen LogP contribution in [0.2, 0.25) is 0 Å². The minimum absolute atomic E-state index is 0.288. The molecule has 0 rings (SSSR count). The van der Waals surface area contributed by atoms with E-state index in [4.69, 9.17) is 9.84 Å². The Hall–Kier alpha value is -0.530. The molecule has 6 heteroatoms. The van der Waals surface area contributed by atoms with Crippen molar-refractivity contribution in [1.82, 2.24) is 5.32 Å². The van der Waals surface area contributed by atoms with Crippen LogP contribution in [0.1, 0.15) is 34.1 Å². The fourth-order valence-corrected chi connectivity index (χ4v) is 2.03. The second kappa shape index (κ2) is 5.70. The maximum atomic E-state index is 11.5. The van der Waals surface area contributed by atoms with Gasteiger partial charge in [-0.15, -0.1) is 0 Å². The van der Waals surface area contributed by atoms with E-state index in [2.05, 4.69) is 5.32 Å². The minimum Gasteiger partial charge on any atom is -0.479 e. The van der Waals surface area contributed by atoms with E-state index in [1.165, 1.54) is 0 Å². The Morgan fingerprint density at radius 1 is 1.38 bits per heavy atom. The summed E-state index contributed by atoms with van der Waals surface area (Å²) in [5.41, 5.74) is -1.88. The highest BCUT2D eigenvalue weighted by Crippen LogP contribution is 2.16. The number of carboxylic acids is 1. The van der Waals surface area contributed by atoms with E-state index in [0.29, 0.717) is 6.42 Å². The van der Waals surface area contributed by atoms with E-state index >= 15 is 0 Å². The van der Waals surface area contributed by atoms with Crippen molar-refractivity contribution in [3.63, 3.8) is 0 Å². The number of alkyl halides is 1. The second-order valence-corrected chi connectivity index (χ2v) is 5.26. The van der Waals surface area contributed by atoms with Gasteiger partial charge in [0.25, 0.3) is 0 Å². The Bertz CT molecular complexity index is 268. The normalized spacial score (nSPS) is 15.1. The first-order valence-electron chi connectivity index (χ1n) is 4.97. The summed E-state index contributed by atoms with van der Waals surface area (Å²) in [5.74, 6) is -1.05. The standard InChI is InChI=1S/C10H18INO4/c1-5-10(6-11,7(13)14)12-8(15)16-9(2,3)4/h5-6H2,1-4H3,(H,12,15)(H,13,14)/t10-/m0/s1. The molecule has 0 saturated heterocycles. The molecule has 16 heavy (non-hydrogen) atoms. The molecule has 0 unspecified atom stereocenters. The molecule has 0 spiro atoms. The third kappa shape index (κ3) is 4.54. The maximum absolute atomic E-state index is 11.5. The highest BCUT2D eigenvalue weighted by atomic mass is 127. The van der Waals surface area contributed by atoms with E-state index in [9.17, 15) is 9.59 Å². The number of nitrogens with one attached hydrogen (secondary N) is 1. The summed E-state index contributed by atoms with van der Waals surface area (Å²) in [5, 5.41) is 11.5. The van der Waals surface area contributed by atoms with Crippen LogP contribution in [0.3, 0.4) is 0 Å². The predicted octanol–water partition coefficient (Wildman–Crippen LogP) is 2.18. The number of halogens is 1. The molecule has 0 aromatic rings. The topological polar surface area (TPSA) is 75.6 Å². The Balaban J connectivity index is 4.66. The number of alkyl carbamates (subject to hydrolysis) is 1. The number of hydrogen-bond donors (Lipinski definition) is 2. The van der Waals surface area contributed by atoms with Crippen LogP contribution in [0.15, 0.2) is 0 Å². The summed E-state index contributed by atoms with van der Waals surface area (Å²) >= 11 is 1.94. The first kappa shape index (κ1) is 15.5. The van der Waals surface area contributed by atoms with Gasteiger partial charge in [-0.3, -0.25) is 0 Å². The lowest BCUT2D eigenvalue weighted by atomic mass is 10.00. The second-order valence-electron chi connectivity index (χ2n) is 4.50. The van der Waals surface area contributed by atoms with E-state index in [1.807, 2.05) is 22.6 Å². The lowest BCUT2D eigenvalue weighted by molar-refractivity contribution is -0.143. The number of ether oxygens (including phenoxy) is 1. The third-order valence-corrected chi connectivity index (χ3v) is 3.28. The number of rotatable bonds is 4. The fraction of sp³-hybridized carbons (Fsp3) is 0.800. The third-order valence-electron chi connectivity index (χ3n) is 1.98. The monoisotopic (exact) mass is 343 g/mol. The molecule has 1 atom stereocenters. The van der Waals surface area contributed by atoms with E-state index in [0.717, 1.165) is 0 Å². The van der Waals surface area contributed by atoms with Crippen LogP contribution in [-0.2, 0) is 9.53 Å². The van der Waals surface area contributed by atoms with Gasteiger partial charge >= 0.3 is 12.1 Å². The number of amides is 1. The molecule has 2 N–H and O–H groups in total.